The highest BCUT2D eigenvalue weighted by atomic mass is 35.5. The Morgan fingerprint density at radius 1 is 0.756 bits per heavy atom. The molecule has 208 valence electrons. The number of carbonyl (C=O) groups excluding carboxylic acids is 2. The van der Waals surface area contributed by atoms with Crippen LogP contribution in [0.1, 0.15) is 24.1 Å². The summed E-state index contributed by atoms with van der Waals surface area (Å²) in [6.45, 7) is 2.69. The van der Waals surface area contributed by atoms with Gasteiger partial charge in [-0.05, 0) is 60.5 Å². The lowest BCUT2D eigenvalue weighted by atomic mass is 9.90. The second-order valence-corrected chi connectivity index (χ2v) is 10.5. The van der Waals surface area contributed by atoms with E-state index in [2.05, 4.69) is 0 Å². The second-order valence-electron chi connectivity index (χ2n) is 9.68. The Morgan fingerprint density at radius 2 is 1.49 bits per heavy atom. The molecule has 2 aliphatic heterocycles. The van der Waals surface area contributed by atoms with E-state index in [1.54, 1.807) is 17.2 Å². The zero-order chi connectivity index (χ0) is 28.5. The van der Waals surface area contributed by atoms with Gasteiger partial charge in [0.25, 0.3) is 5.91 Å². The molecule has 4 aromatic rings. The summed E-state index contributed by atoms with van der Waals surface area (Å²) in [5.74, 6) is -0.551. The van der Waals surface area contributed by atoms with Crippen LogP contribution in [-0.4, -0.2) is 24.5 Å². The minimum absolute atomic E-state index is 0.248. The lowest BCUT2D eigenvalue weighted by molar-refractivity contribution is -0.126. The van der Waals surface area contributed by atoms with Crippen LogP contribution < -0.4 is 19.4 Å². The Kier molecular flexibility index (Phi) is 7.58. The average molecular weight is 589 g/mol. The van der Waals surface area contributed by atoms with E-state index in [0.717, 1.165) is 21.7 Å². The lowest BCUT2D eigenvalue weighted by Crippen LogP contribution is -2.37. The van der Waals surface area contributed by atoms with Crippen molar-refractivity contribution < 1.29 is 23.9 Å². The van der Waals surface area contributed by atoms with Crippen molar-refractivity contribution in [3.63, 3.8) is 0 Å². The highest BCUT2D eigenvalue weighted by Crippen LogP contribution is 2.49. The molecule has 41 heavy (non-hydrogen) atoms. The molecule has 6 rings (SSSR count). The van der Waals surface area contributed by atoms with E-state index in [9.17, 15) is 9.59 Å². The number of halogens is 2. The Labute approximate surface area is 247 Å². The summed E-state index contributed by atoms with van der Waals surface area (Å²) in [5, 5.41) is 2.22. The predicted octanol–water partition coefficient (Wildman–Crippen LogP) is 7.02. The summed E-state index contributed by atoms with van der Waals surface area (Å²) in [4.78, 5) is 35.0. The largest absolute Gasteiger partial charge is 0.490 e. The summed E-state index contributed by atoms with van der Waals surface area (Å²) >= 11 is 12.3. The second kappa shape index (κ2) is 11.4. The molecule has 3 atom stereocenters. The van der Waals surface area contributed by atoms with Crippen LogP contribution in [0.3, 0.4) is 0 Å². The molecular formula is C32H26Cl2N2O5. The number of hydroxylamine groups is 1. The molecule has 2 amide bonds. The topological polar surface area (TPSA) is 68.3 Å². The Hall–Kier alpha value is -4.04. The maximum absolute atomic E-state index is 14.0. The van der Waals surface area contributed by atoms with Crippen LogP contribution >= 0.6 is 23.2 Å². The number of ether oxygens (including phenoxy) is 2. The standard InChI is InChI=1S/C32H26Cl2N2O5/c1-2-39-27-17-21(13-16-26(27)40-19-20-9-5-3-6-10-20)29-28-30(41-36(29)22-11-7-4-8-12-22)32(38)35(31(28)37)23-14-15-24(33)25(34)18-23/h3-18,28-30H,2,19H2,1H3/t28-,29-,30-/m1/s1. The van der Waals surface area contributed by atoms with Gasteiger partial charge in [-0.15, -0.1) is 0 Å². The number of benzene rings is 4. The molecule has 0 aromatic heterocycles. The van der Waals surface area contributed by atoms with Crippen LogP contribution in [0.25, 0.3) is 0 Å². The monoisotopic (exact) mass is 588 g/mol. The van der Waals surface area contributed by atoms with E-state index in [1.807, 2.05) is 85.8 Å². The van der Waals surface area contributed by atoms with Gasteiger partial charge in [0.2, 0.25) is 5.91 Å². The first kappa shape index (κ1) is 27.1. The Bertz CT molecular complexity index is 1580. The zero-order valence-corrected chi connectivity index (χ0v) is 23.6. The molecule has 0 aliphatic carbocycles. The number of amides is 2. The number of nitrogens with zero attached hydrogens (tertiary/aromatic N) is 2. The summed E-state index contributed by atoms with van der Waals surface area (Å²) in [6.07, 6.45) is -1.02. The summed E-state index contributed by atoms with van der Waals surface area (Å²) in [5.41, 5.74) is 2.83. The van der Waals surface area contributed by atoms with Crippen LogP contribution in [-0.2, 0) is 21.0 Å². The van der Waals surface area contributed by atoms with Crippen LogP contribution in [0.2, 0.25) is 10.0 Å². The molecule has 0 bridgehead atoms. The van der Waals surface area contributed by atoms with Crippen LogP contribution in [0.15, 0.2) is 97.1 Å². The molecular weight excluding hydrogens is 563 g/mol. The normalized spacial score (nSPS) is 19.9. The summed E-state index contributed by atoms with van der Waals surface area (Å²) < 4.78 is 12.1. The van der Waals surface area contributed by atoms with Crippen molar-refractivity contribution >= 4 is 46.4 Å². The van der Waals surface area contributed by atoms with Gasteiger partial charge >= 0.3 is 0 Å². The highest BCUT2D eigenvalue weighted by molar-refractivity contribution is 6.42. The van der Waals surface area contributed by atoms with Gasteiger partial charge in [0.15, 0.2) is 17.6 Å². The summed E-state index contributed by atoms with van der Waals surface area (Å²) in [7, 11) is 0. The molecule has 0 N–H and O–H groups in total. The lowest BCUT2D eigenvalue weighted by Gasteiger charge is -2.29. The van der Waals surface area contributed by atoms with E-state index < -0.39 is 24.0 Å². The van der Waals surface area contributed by atoms with Gasteiger partial charge < -0.3 is 9.47 Å². The van der Waals surface area contributed by atoms with Gasteiger partial charge in [-0.3, -0.25) is 14.4 Å². The fourth-order valence-electron chi connectivity index (χ4n) is 5.26. The van der Waals surface area contributed by atoms with Gasteiger partial charge in [0, 0.05) is 0 Å². The highest BCUT2D eigenvalue weighted by Gasteiger charge is 2.60. The van der Waals surface area contributed by atoms with Gasteiger partial charge in [-0.1, -0.05) is 77.8 Å². The fourth-order valence-corrected chi connectivity index (χ4v) is 5.55. The molecule has 2 saturated heterocycles. The molecule has 9 heteroatoms. The average Bonchev–Trinajstić information content (AvgIpc) is 3.50. The number of para-hydroxylation sites is 1. The van der Waals surface area contributed by atoms with E-state index in [4.69, 9.17) is 37.5 Å². The Morgan fingerprint density at radius 3 is 2.20 bits per heavy atom. The quantitative estimate of drug-likeness (QED) is 0.206. The third-order valence-electron chi connectivity index (χ3n) is 7.13. The van der Waals surface area contributed by atoms with E-state index in [1.165, 1.54) is 6.07 Å². The van der Waals surface area contributed by atoms with Crippen molar-refractivity contribution in [1.29, 1.82) is 0 Å². The van der Waals surface area contributed by atoms with Crippen LogP contribution in [0.4, 0.5) is 11.4 Å². The van der Waals surface area contributed by atoms with Gasteiger partial charge in [0.1, 0.15) is 12.5 Å². The van der Waals surface area contributed by atoms with Gasteiger partial charge in [0.05, 0.1) is 34.1 Å². The first-order valence-corrected chi connectivity index (χ1v) is 14.0. The molecule has 0 unspecified atom stereocenters. The number of carbonyl (C=O) groups is 2. The SMILES string of the molecule is CCOc1cc([C@@H]2[C@H]3C(=O)N(c4ccc(Cl)c(Cl)c4)C(=O)[C@@H]3ON2c2ccccc2)ccc1OCc1ccccc1. The maximum atomic E-state index is 14.0. The Balaban J connectivity index is 1.38. The molecule has 0 spiro atoms. The van der Waals surface area contributed by atoms with Crippen molar-refractivity contribution in [2.45, 2.75) is 25.7 Å². The zero-order valence-electron chi connectivity index (χ0n) is 22.1. The molecule has 4 aromatic carbocycles. The molecule has 2 aliphatic rings. The van der Waals surface area contributed by atoms with Crippen LogP contribution in [0.5, 0.6) is 11.5 Å². The molecule has 0 radical (unpaired) electrons. The van der Waals surface area contributed by atoms with E-state index >= 15 is 0 Å². The smallest absolute Gasteiger partial charge is 0.266 e. The number of imide groups is 1. The number of anilines is 2. The van der Waals surface area contributed by atoms with Crippen molar-refractivity contribution in [2.75, 3.05) is 16.6 Å². The number of hydrogen-bond donors (Lipinski definition) is 0. The number of hydrogen-bond acceptors (Lipinski definition) is 6. The van der Waals surface area contributed by atoms with Crippen molar-refractivity contribution in [1.82, 2.24) is 0 Å². The van der Waals surface area contributed by atoms with Gasteiger partial charge in [-0.25, -0.2) is 9.96 Å². The van der Waals surface area contributed by atoms with Crippen molar-refractivity contribution in [3.8, 4) is 11.5 Å². The van der Waals surface area contributed by atoms with Crippen molar-refractivity contribution in [3.05, 3.63) is 118 Å². The predicted molar refractivity (Wildman–Crippen MR) is 157 cm³/mol. The molecule has 2 heterocycles. The van der Waals surface area contributed by atoms with Crippen LogP contribution in [0, 0.1) is 5.92 Å². The maximum Gasteiger partial charge on any atom is 0.266 e. The third-order valence-corrected chi connectivity index (χ3v) is 7.87. The summed E-state index contributed by atoms with van der Waals surface area (Å²) in [6, 6.07) is 28.9. The molecule has 7 nitrogen and oxygen atoms in total. The third kappa shape index (κ3) is 5.12. The van der Waals surface area contributed by atoms with Gasteiger partial charge in [-0.2, -0.15) is 0 Å². The van der Waals surface area contributed by atoms with E-state index in [-0.39, 0.29) is 10.9 Å². The first-order chi connectivity index (χ1) is 20.0. The number of fused-ring (bicyclic) bond motifs is 1. The molecule has 2 fully saturated rings. The fraction of sp³-hybridized carbons (Fsp3) is 0.188. The number of rotatable bonds is 8. The first-order valence-electron chi connectivity index (χ1n) is 13.2. The van der Waals surface area contributed by atoms with E-state index in [0.29, 0.717) is 35.4 Å². The molecule has 0 saturated carbocycles. The van der Waals surface area contributed by atoms with Crippen molar-refractivity contribution in [2.24, 2.45) is 5.92 Å². The minimum atomic E-state index is -1.02. The minimum Gasteiger partial charge on any atom is -0.490 e.